The number of aliphatic hydroxyl groups is 1. The fourth-order valence-electron chi connectivity index (χ4n) is 7.29. The molecule has 1 aromatic carbocycles. The van der Waals surface area contributed by atoms with E-state index in [0.717, 1.165) is 29.0 Å². The van der Waals surface area contributed by atoms with E-state index in [0.29, 0.717) is 78.9 Å². The van der Waals surface area contributed by atoms with Crippen LogP contribution in [0.3, 0.4) is 0 Å². The number of nitrogens with one attached hydrogen (secondary N) is 1. The fraction of sp³-hybridized carbons (Fsp3) is 0.417. The lowest BCUT2D eigenvalue weighted by atomic mass is 9.77. The smallest absolute Gasteiger partial charge is 0.410 e. The highest BCUT2D eigenvalue weighted by Gasteiger charge is 2.43. The van der Waals surface area contributed by atoms with Crippen molar-refractivity contribution in [1.29, 1.82) is 0 Å². The Labute approximate surface area is 295 Å². The van der Waals surface area contributed by atoms with Gasteiger partial charge in [-0.3, -0.25) is 19.6 Å². The van der Waals surface area contributed by atoms with Crippen molar-refractivity contribution < 1.29 is 29.4 Å². The number of nitrogens with zero attached hydrogens (tertiary/aromatic N) is 6. The number of rotatable bonds is 7. The summed E-state index contributed by atoms with van der Waals surface area (Å²) < 4.78 is 7.63. The second-order valence-electron chi connectivity index (χ2n) is 14.7. The van der Waals surface area contributed by atoms with Gasteiger partial charge in [0, 0.05) is 75.1 Å². The number of fused-ring (bicyclic) bond motifs is 5. The van der Waals surface area contributed by atoms with E-state index in [1.165, 1.54) is 12.4 Å². The molecule has 0 unspecified atom stereocenters. The lowest BCUT2D eigenvalue weighted by Gasteiger charge is -2.34. The molecule has 2 amide bonds. The van der Waals surface area contributed by atoms with Gasteiger partial charge < -0.3 is 24.2 Å². The van der Waals surface area contributed by atoms with Crippen LogP contribution < -0.4 is 20.7 Å². The molecular weight excluding hydrogens is 671 g/mol. The molecule has 1 aliphatic carbocycles. The van der Waals surface area contributed by atoms with Gasteiger partial charge in [-0.15, -0.1) is 0 Å². The average Bonchev–Trinajstić information content (AvgIpc) is 3.49. The molecule has 3 N–H and O–H groups in total. The summed E-state index contributed by atoms with van der Waals surface area (Å²) in [4.78, 5) is 68.7. The van der Waals surface area contributed by atoms with Gasteiger partial charge in [0.25, 0.3) is 11.5 Å². The molecule has 4 aromatic rings. The van der Waals surface area contributed by atoms with Crippen molar-refractivity contribution in [2.24, 2.45) is 0 Å². The Kier molecular flexibility index (Phi) is 8.76. The Balaban J connectivity index is 1.16. The minimum Gasteiger partial charge on any atom is -0.410 e. The van der Waals surface area contributed by atoms with Crippen LogP contribution in [0.1, 0.15) is 52.4 Å². The molecule has 1 atom stereocenters. The predicted octanol–water partition coefficient (Wildman–Crippen LogP) is 3.65. The Bertz CT molecular complexity index is 2140. The first kappa shape index (κ1) is 34.5. The third-order valence-corrected chi connectivity index (χ3v) is 12.1. The predicted molar refractivity (Wildman–Crippen MR) is 191 cm³/mol. The largest absolute Gasteiger partial charge is 0.415 e. The number of aromatic nitrogens is 4. The van der Waals surface area contributed by atoms with Gasteiger partial charge in [0.05, 0.1) is 29.0 Å². The third-order valence-electron chi connectivity index (χ3n) is 10.3. The molecular formula is C36H41N7O7Si. The minimum absolute atomic E-state index is 0.127. The number of hydrogen-bond acceptors (Lipinski definition) is 11. The topological polar surface area (TPSA) is 180 Å². The number of ether oxygens (including phenoxy) is 1. The van der Waals surface area contributed by atoms with Gasteiger partial charge >= 0.3 is 6.09 Å². The minimum atomic E-state index is -1.69. The molecule has 1 fully saturated rings. The molecule has 2 aliphatic heterocycles. The number of anilines is 1. The van der Waals surface area contributed by atoms with Crippen LogP contribution >= 0.6 is 0 Å². The van der Waals surface area contributed by atoms with Gasteiger partial charge in [0.2, 0.25) is 5.95 Å². The number of pyridine rings is 2. The summed E-state index contributed by atoms with van der Waals surface area (Å²) in [6.07, 6.45) is 3.57. The number of hydroxylamine groups is 1. The van der Waals surface area contributed by atoms with Crippen LogP contribution in [0, 0.1) is 0 Å². The van der Waals surface area contributed by atoms with Crippen molar-refractivity contribution in [3.8, 4) is 17.1 Å². The Morgan fingerprint density at radius 2 is 1.75 bits per heavy atom. The number of aryl methyl sites for hydroxylation is 1. The van der Waals surface area contributed by atoms with Crippen LogP contribution in [0.4, 0.5) is 10.7 Å². The SMILES string of the molecule is CC[C@@]1(O)C(=O)CCc2c1cc1n(c2=O)Cc2c-1nc1ccc(OC(=O)N3CCN(c4ncc(C(=O)NO)cn4)CC3)cc1c2CC[Si](C)(C)C. The molecule has 0 bridgehead atoms. The maximum Gasteiger partial charge on any atom is 0.415 e. The van der Waals surface area contributed by atoms with Crippen molar-refractivity contribution >= 4 is 42.7 Å². The van der Waals surface area contributed by atoms with Gasteiger partial charge in [0.15, 0.2) is 5.78 Å². The molecule has 51 heavy (non-hydrogen) atoms. The maximum atomic E-state index is 13.9. The number of benzene rings is 1. The van der Waals surface area contributed by atoms with Crippen LogP contribution in [-0.2, 0) is 29.8 Å². The second-order valence-corrected chi connectivity index (χ2v) is 20.3. The molecule has 5 heterocycles. The van der Waals surface area contributed by atoms with Gasteiger partial charge in [-0.25, -0.2) is 25.2 Å². The molecule has 0 spiro atoms. The standard InChI is InChI=1S/C36H41N7O7Si/c1-5-36(48)27-17-29-31-26(20-43(29)33(46)24(27)7-9-30(36)44)23(10-15-51(2,3)4)25-16-22(6-8-28(25)39-31)50-35(47)42-13-11-41(12-14-42)34-37-18-21(19-38-34)32(45)40-49/h6,8,16-19,48-49H,5,7,9-15,20H2,1-4H3,(H,40,45)/t36-/m0/s1. The van der Waals surface area contributed by atoms with Crippen molar-refractivity contribution in [3.63, 3.8) is 0 Å². The molecule has 14 nitrogen and oxygen atoms in total. The van der Waals surface area contributed by atoms with Crippen LogP contribution in [0.2, 0.25) is 25.7 Å². The normalized spacial score (nSPS) is 18.4. The Hall–Kier alpha value is -4.99. The maximum absolute atomic E-state index is 13.9. The molecule has 266 valence electrons. The summed E-state index contributed by atoms with van der Waals surface area (Å²) >= 11 is 0. The monoisotopic (exact) mass is 711 g/mol. The van der Waals surface area contributed by atoms with Crippen LogP contribution in [0.15, 0.2) is 41.5 Å². The highest BCUT2D eigenvalue weighted by Crippen LogP contribution is 2.41. The zero-order valence-corrected chi connectivity index (χ0v) is 30.2. The highest BCUT2D eigenvalue weighted by atomic mass is 28.3. The van der Waals surface area contributed by atoms with Gasteiger partial charge in [-0.1, -0.05) is 32.6 Å². The fourth-order valence-corrected chi connectivity index (χ4v) is 8.29. The summed E-state index contributed by atoms with van der Waals surface area (Å²) in [5.74, 6) is -0.158. The molecule has 3 aromatic heterocycles. The number of hydrogen-bond donors (Lipinski definition) is 3. The zero-order valence-electron chi connectivity index (χ0n) is 29.2. The van der Waals surface area contributed by atoms with Gasteiger partial charge in [-0.2, -0.15) is 0 Å². The lowest BCUT2D eigenvalue weighted by Crippen LogP contribution is -2.50. The first-order chi connectivity index (χ1) is 24.3. The van der Waals surface area contributed by atoms with Crippen LogP contribution in [-0.4, -0.2) is 86.8 Å². The van der Waals surface area contributed by atoms with E-state index in [1.54, 1.807) is 34.0 Å². The van der Waals surface area contributed by atoms with E-state index in [2.05, 4.69) is 29.6 Å². The van der Waals surface area contributed by atoms with E-state index in [4.69, 9.17) is 14.9 Å². The summed E-state index contributed by atoms with van der Waals surface area (Å²) in [7, 11) is -1.50. The van der Waals surface area contributed by atoms with Crippen LogP contribution in [0.5, 0.6) is 5.75 Å². The highest BCUT2D eigenvalue weighted by molar-refractivity contribution is 6.76. The number of carbonyl (C=O) groups excluding carboxylic acids is 3. The van der Waals surface area contributed by atoms with E-state index in [1.807, 2.05) is 17.0 Å². The summed E-state index contributed by atoms with van der Waals surface area (Å²) in [6, 6.07) is 8.22. The van der Waals surface area contributed by atoms with E-state index < -0.39 is 25.7 Å². The summed E-state index contributed by atoms with van der Waals surface area (Å²) in [5.41, 5.74) is 4.71. The van der Waals surface area contributed by atoms with E-state index in [9.17, 15) is 24.3 Å². The number of carbonyl (C=O) groups is 3. The Morgan fingerprint density at radius 1 is 1.02 bits per heavy atom. The van der Waals surface area contributed by atoms with Gasteiger partial charge in [0.1, 0.15) is 11.4 Å². The first-order valence-electron chi connectivity index (χ1n) is 17.3. The summed E-state index contributed by atoms with van der Waals surface area (Å²) in [6.45, 7) is 10.7. The summed E-state index contributed by atoms with van der Waals surface area (Å²) in [5, 5.41) is 21.1. The van der Waals surface area contributed by atoms with E-state index in [-0.39, 0.29) is 29.7 Å². The first-order valence-corrected chi connectivity index (χ1v) is 21.0. The molecule has 3 aliphatic rings. The average molecular weight is 712 g/mol. The molecule has 7 rings (SSSR count). The van der Waals surface area contributed by atoms with E-state index >= 15 is 0 Å². The third kappa shape index (κ3) is 6.19. The molecule has 0 radical (unpaired) electrons. The number of ketones is 1. The Morgan fingerprint density at radius 3 is 2.41 bits per heavy atom. The number of Topliss-reactive ketones (excluding diaryl/α,β-unsaturated/α-hetero) is 1. The molecule has 1 saturated heterocycles. The molecule has 0 saturated carbocycles. The van der Waals surface area contributed by atoms with Crippen molar-refractivity contribution in [2.75, 3.05) is 31.1 Å². The number of amides is 2. The van der Waals surface area contributed by atoms with Crippen molar-refractivity contribution in [2.45, 2.75) is 70.4 Å². The van der Waals surface area contributed by atoms with Gasteiger partial charge in [-0.05, 0) is 49.1 Å². The molecule has 15 heteroatoms. The quantitative estimate of drug-likeness (QED) is 0.127. The van der Waals surface area contributed by atoms with Crippen molar-refractivity contribution in [3.05, 3.63) is 74.8 Å². The lowest BCUT2D eigenvalue weighted by molar-refractivity contribution is -0.140. The van der Waals surface area contributed by atoms with Crippen LogP contribution in [0.25, 0.3) is 22.3 Å². The van der Waals surface area contributed by atoms with Crippen molar-refractivity contribution in [1.82, 2.24) is 29.9 Å². The second kappa shape index (κ2) is 13.0. The zero-order chi connectivity index (χ0) is 36.2. The number of piperazine rings is 1.